The van der Waals surface area contributed by atoms with Gasteiger partial charge in [0.2, 0.25) is 5.79 Å². The summed E-state index contributed by atoms with van der Waals surface area (Å²) < 4.78 is 30.4. The van der Waals surface area contributed by atoms with Gasteiger partial charge in [-0.25, -0.2) is 14.8 Å². The number of hydrogen-bond acceptors (Lipinski definition) is 12. The molecule has 5 aliphatic heterocycles. The van der Waals surface area contributed by atoms with Crippen LogP contribution in [-0.2, 0) is 38.3 Å². The summed E-state index contributed by atoms with van der Waals surface area (Å²) in [5.41, 5.74) is -0.690. The number of esters is 1. The van der Waals surface area contributed by atoms with Crippen molar-refractivity contribution in [2.75, 3.05) is 5.75 Å². The number of thioether (sulfide) groups is 1. The SMILES string of the molecule is C[C@H]1[C@@H](CC(=O)O[C@@H]2C[C@@H](O)[C@@](O)(O[C@H](C)CCCCCSc3ccccn3)O[C@H]2C)O[C@@H]2O[C@@]3(C)CC[C@H]4[C@H](C)CC[C@@H]1[C@@]24OO3. The Labute approximate surface area is 282 Å². The first-order chi connectivity index (χ1) is 22.4. The van der Waals surface area contributed by atoms with Crippen LogP contribution in [0.1, 0.15) is 98.8 Å². The third-order valence-electron chi connectivity index (χ3n) is 11.2. The van der Waals surface area contributed by atoms with E-state index in [1.54, 1.807) is 24.9 Å². The van der Waals surface area contributed by atoms with E-state index in [1.807, 2.05) is 32.0 Å². The number of fused-ring (bicyclic) bond motifs is 2. The molecule has 47 heavy (non-hydrogen) atoms. The van der Waals surface area contributed by atoms with Gasteiger partial charge in [0.05, 0.1) is 29.8 Å². The molecule has 0 radical (unpaired) electrons. The van der Waals surface area contributed by atoms with Gasteiger partial charge in [0, 0.05) is 25.0 Å². The summed E-state index contributed by atoms with van der Waals surface area (Å²) >= 11 is 1.74. The van der Waals surface area contributed by atoms with Crippen LogP contribution in [0.2, 0.25) is 0 Å². The fourth-order valence-electron chi connectivity index (χ4n) is 8.49. The largest absolute Gasteiger partial charge is 0.459 e. The average molecular weight is 680 g/mol. The molecule has 0 unspecified atom stereocenters. The molecule has 1 saturated carbocycles. The quantitative estimate of drug-likeness (QED) is 0.0949. The van der Waals surface area contributed by atoms with Crippen molar-refractivity contribution in [2.45, 2.75) is 158 Å². The van der Waals surface area contributed by atoms with E-state index in [0.717, 1.165) is 55.7 Å². The van der Waals surface area contributed by atoms with E-state index in [4.69, 9.17) is 33.5 Å². The molecule has 1 aromatic heterocycles. The van der Waals surface area contributed by atoms with Crippen molar-refractivity contribution in [1.82, 2.24) is 4.98 Å². The van der Waals surface area contributed by atoms with E-state index >= 15 is 0 Å². The summed E-state index contributed by atoms with van der Waals surface area (Å²) in [6.45, 7) is 9.84. The highest BCUT2D eigenvalue weighted by Gasteiger charge is 2.69. The van der Waals surface area contributed by atoms with Crippen LogP contribution in [0.25, 0.3) is 0 Å². The molecule has 264 valence electrons. The molecule has 13 atom stereocenters. The third kappa shape index (κ3) is 7.42. The highest BCUT2D eigenvalue weighted by molar-refractivity contribution is 7.99. The Kier molecular flexibility index (Phi) is 10.9. The Balaban J connectivity index is 0.970. The van der Waals surface area contributed by atoms with Gasteiger partial charge in [-0.1, -0.05) is 32.8 Å². The summed E-state index contributed by atoms with van der Waals surface area (Å²) in [6, 6.07) is 5.91. The predicted octanol–water partition coefficient (Wildman–Crippen LogP) is 5.51. The van der Waals surface area contributed by atoms with Gasteiger partial charge in [0.15, 0.2) is 11.9 Å². The molecule has 6 heterocycles. The fourth-order valence-corrected chi connectivity index (χ4v) is 9.36. The lowest BCUT2D eigenvalue weighted by molar-refractivity contribution is -0.571. The van der Waals surface area contributed by atoms with Crippen molar-refractivity contribution >= 4 is 17.7 Å². The summed E-state index contributed by atoms with van der Waals surface area (Å²) in [5.74, 6) is -1.70. The number of ether oxygens (including phenoxy) is 5. The predicted molar refractivity (Wildman–Crippen MR) is 171 cm³/mol. The maximum Gasteiger partial charge on any atom is 0.308 e. The van der Waals surface area contributed by atoms with Crippen LogP contribution < -0.4 is 0 Å². The van der Waals surface area contributed by atoms with Crippen LogP contribution in [0.4, 0.5) is 0 Å². The number of aromatic nitrogens is 1. The molecule has 1 spiro atoms. The minimum Gasteiger partial charge on any atom is -0.459 e. The lowest BCUT2D eigenvalue weighted by Crippen LogP contribution is -2.70. The molecule has 1 aromatic rings. The van der Waals surface area contributed by atoms with Crippen molar-refractivity contribution in [1.29, 1.82) is 0 Å². The van der Waals surface area contributed by atoms with Gasteiger partial charge in [-0.2, -0.15) is 0 Å². The summed E-state index contributed by atoms with van der Waals surface area (Å²) in [4.78, 5) is 29.8. The Morgan fingerprint density at radius 3 is 2.72 bits per heavy atom. The third-order valence-corrected chi connectivity index (χ3v) is 12.2. The van der Waals surface area contributed by atoms with Gasteiger partial charge >= 0.3 is 11.9 Å². The van der Waals surface area contributed by atoms with Crippen LogP contribution in [-0.4, -0.2) is 81.1 Å². The molecule has 1 aliphatic carbocycles. The first-order valence-corrected chi connectivity index (χ1v) is 18.6. The van der Waals surface area contributed by atoms with E-state index in [-0.39, 0.29) is 36.7 Å². The van der Waals surface area contributed by atoms with E-state index in [0.29, 0.717) is 12.3 Å². The van der Waals surface area contributed by atoms with E-state index in [1.165, 1.54) is 0 Å². The first kappa shape index (κ1) is 35.5. The molecule has 6 fully saturated rings. The number of rotatable bonds is 12. The number of unbranched alkanes of at least 4 members (excludes halogenated alkanes) is 2. The number of carbonyl (C=O) groups excluding carboxylic acids is 1. The molecule has 7 rings (SSSR count). The number of nitrogens with zero attached hydrogens (tertiary/aromatic N) is 1. The standard InChI is InChI=1S/C35H53NO10S/c1-21-13-14-26-23(3)27(41-32-34(26)25(21)15-16-33(5,44-32)45-46-34)20-31(38)40-28-19-29(37)35(39,43-24(28)4)42-22(2)11-7-6-10-18-47-30-12-8-9-17-36-30/h8-9,12,17,21-29,32,37,39H,6-7,10-11,13-16,18-20H2,1-5H3/t21-,22-,23-,24+,25+,26+,27-,28-,29-,32-,33-,34-,35-/m1/s1. The van der Waals surface area contributed by atoms with Gasteiger partial charge in [-0.05, 0) is 88.5 Å². The van der Waals surface area contributed by atoms with Crippen LogP contribution in [0.5, 0.6) is 0 Å². The second kappa shape index (κ2) is 14.5. The second-order valence-corrected chi connectivity index (χ2v) is 15.8. The van der Waals surface area contributed by atoms with Crippen molar-refractivity contribution in [3.05, 3.63) is 24.4 Å². The van der Waals surface area contributed by atoms with Crippen LogP contribution in [0.3, 0.4) is 0 Å². The van der Waals surface area contributed by atoms with Crippen LogP contribution >= 0.6 is 11.8 Å². The van der Waals surface area contributed by atoms with Gasteiger partial charge < -0.3 is 33.9 Å². The van der Waals surface area contributed by atoms with Gasteiger partial charge in [-0.15, -0.1) is 11.8 Å². The topological polar surface area (TPSA) is 135 Å². The van der Waals surface area contributed by atoms with Crippen molar-refractivity contribution < 1.29 is 48.5 Å². The summed E-state index contributed by atoms with van der Waals surface area (Å²) in [7, 11) is 0. The molecule has 0 amide bonds. The molecule has 5 saturated heterocycles. The number of aliphatic hydroxyl groups excluding tert-OH is 1. The van der Waals surface area contributed by atoms with Gasteiger partial charge in [-0.3, -0.25) is 4.79 Å². The summed E-state index contributed by atoms with van der Waals surface area (Å²) in [5, 5.41) is 23.0. The second-order valence-electron chi connectivity index (χ2n) is 14.7. The minimum atomic E-state index is -2.17. The lowest BCUT2D eigenvalue weighted by Gasteiger charge is -2.60. The Morgan fingerprint density at radius 1 is 1.11 bits per heavy atom. The normalized spacial score (nSPS) is 43.5. The minimum absolute atomic E-state index is 0.00804. The molecule has 11 nitrogen and oxygen atoms in total. The van der Waals surface area contributed by atoms with Crippen molar-refractivity contribution in [2.24, 2.45) is 23.7 Å². The first-order valence-electron chi connectivity index (χ1n) is 17.6. The number of hydrogen-bond donors (Lipinski definition) is 2. The van der Waals surface area contributed by atoms with E-state index in [2.05, 4.69) is 18.8 Å². The van der Waals surface area contributed by atoms with Gasteiger partial charge in [0.25, 0.3) is 0 Å². The van der Waals surface area contributed by atoms with Crippen molar-refractivity contribution in [3.63, 3.8) is 0 Å². The zero-order valence-electron chi connectivity index (χ0n) is 28.4. The molecule has 2 N–H and O–H groups in total. The Hall–Kier alpha value is -1.35. The van der Waals surface area contributed by atoms with E-state index < -0.39 is 54.0 Å². The monoisotopic (exact) mass is 679 g/mol. The number of carbonyl (C=O) groups is 1. The van der Waals surface area contributed by atoms with Crippen LogP contribution in [0.15, 0.2) is 29.4 Å². The zero-order chi connectivity index (χ0) is 33.4. The van der Waals surface area contributed by atoms with Gasteiger partial charge in [0.1, 0.15) is 12.2 Å². The Morgan fingerprint density at radius 2 is 1.94 bits per heavy atom. The molecule has 0 aromatic carbocycles. The Bertz CT molecular complexity index is 1210. The maximum absolute atomic E-state index is 13.3. The molecule has 12 heteroatoms. The van der Waals surface area contributed by atoms with E-state index in [9.17, 15) is 15.0 Å². The number of aliphatic hydroxyl groups is 2. The van der Waals surface area contributed by atoms with Crippen molar-refractivity contribution in [3.8, 4) is 0 Å². The smallest absolute Gasteiger partial charge is 0.308 e. The lowest BCUT2D eigenvalue weighted by atomic mass is 9.57. The van der Waals surface area contributed by atoms with Crippen LogP contribution in [0, 0.1) is 23.7 Å². The molecular weight excluding hydrogens is 626 g/mol. The highest BCUT2D eigenvalue weighted by atomic mass is 32.2. The molecular formula is C35H53NO10S. The highest BCUT2D eigenvalue weighted by Crippen LogP contribution is 2.60. The average Bonchev–Trinajstić information content (AvgIpc) is 3.26. The summed E-state index contributed by atoms with van der Waals surface area (Å²) in [6.07, 6.45) is 4.97. The fraction of sp³-hybridized carbons (Fsp3) is 0.829. The molecule has 6 aliphatic rings. The zero-order valence-corrected chi connectivity index (χ0v) is 29.2. The maximum atomic E-state index is 13.3. The molecule has 2 bridgehead atoms. The number of pyridine rings is 1.